The van der Waals surface area contributed by atoms with E-state index in [9.17, 15) is 9.18 Å². The van der Waals surface area contributed by atoms with Crippen molar-refractivity contribution >= 4 is 17.5 Å². The van der Waals surface area contributed by atoms with E-state index in [-0.39, 0.29) is 12.2 Å². The van der Waals surface area contributed by atoms with Crippen LogP contribution in [0.3, 0.4) is 0 Å². The lowest BCUT2D eigenvalue weighted by molar-refractivity contribution is 0.262. The number of para-hydroxylation sites is 1. The molecular weight excluding hydrogens is 249 g/mol. The third-order valence-electron chi connectivity index (χ3n) is 2.48. The molecule has 7 heteroatoms. The van der Waals surface area contributed by atoms with Crippen LogP contribution in [0, 0.1) is 5.82 Å². The molecule has 2 rings (SSSR count). The molecule has 0 saturated heterocycles. The summed E-state index contributed by atoms with van der Waals surface area (Å²) in [5, 5.41) is 8.99. The van der Waals surface area contributed by atoms with Crippen LogP contribution in [-0.4, -0.2) is 15.8 Å². The quantitative estimate of drug-likeness (QED) is 0.787. The number of anilines is 2. The summed E-state index contributed by atoms with van der Waals surface area (Å²) in [6.45, 7) is 0.253. The molecular formula is C12H14FN5O. The summed E-state index contributed by atoms with van der Waals surface area (Å²) in [5.74, 6) is -0.142. The zero-order valence-electron chi connectivity index (χ0n) is 10.4. The van der Waals surface area contributed by atoms with Gasteiger partial charge in [0.15, 0.2) is 5.82 Å². The molecule has 0 aliphatic rings. The molecule has 0 aliphatic heterocycles. The van der Waals surface area contributed by atoms with Crippen LogP contribution >= 0.6 is 0 Å². The summed E-state index contributed by atoms with van der Waals surface area (Å²) >= 11 is 0. The number of nitrogens with zero attached hydrogens (tertiary/aromatic N) is 2. The Morgan fingerprint density at radius 2 is 2.16 bits per heavy atom. The third-order valence-corrected chi connectivity index (χ3v) is 2.48. The Kier molecular flexibility index (Phi) is 3.76. The Hall–Kier alpha value is -2.41. The normalized spacial score (nSPS) is 10.3. The molecule has 19 heavy (non-hydrogen) atoms. The number of hydrogen-bond donors (Lipinski definition) is 3. The van der Waals surface area contributed by atoms with Gasteiger partial charge in [0.25, 0.3) is 0 Å². The average molecular weight is 263 g/mol. The summed E-state index contributed by atoms with van der Waals surface area (Å²) in [4.78, 5) is 11.7. The number of carbonyl (C=O) groups excluding carboxylic acids is 1. The second-order valence-corrected chi connectivity index (χ2v) is 3.94. The van der Waals surface area contributed by atoms with Gasteiger partial charge in [0.2, 0.25) is 0 Å². The summed E-state index contributed by atoms with van der Waals surface area (Å²) in [7, 11) is 1.72. The molecule has 0 saturated carbocycles. The molecule has 1 aromatic heterocycles. The molecule has 0 radical (unpaired) electrons. The van der Waals surface area contributed by atoms with Crippen LogP contribution in [0.1, 0.15) is 5.56 Å². The molecule has 0 atom stereocenters. The Bertz CT molecular complexity index is 596. The van der Waals surface area contributed by atoms with Crippen LogP contribution in [0.5, 0.6) is 0 Å². The molecule has 4 N–H and O–H groups in total. The van der Waals surface area contributed by atoms with Crippen molar-refractivity contribution < 1.29 is 9.18 Å². The Balaban J connectivity index is 2.07. The number of nitrogens with one attached hydrogen (secondary N) is 2. The first-order valence-corrected chi connectivity index (χ1v) is 5.65. The molecule has 100 valence electrons. The number of benzene rings is 1. The van der Waals surface area contributed by atoms with Gasteiger partial charge in [0.05, 0.1) is 5.69 Å². The second-order valence-electron chi connectivity index (χ2n) is 3.94. The Labute approximate surface area is 109 Å². The smallest absolute Gasteiger partial charge is 0.324 e. The first kappa shape index (κ1) is 13.0. The van der Waals surface area contributed by atoms with Crippen molar-refractivity contribution in [1.29, 1.82) is 0 Å². The summed E-state index contributed by atoms with van der Waals surface area (Å²) in [6, 6.07) is 5.34. The monoisotopic (exact) mass is 263 g/mol. The lowest BCUT2D eigenvalue weighted by Crippen LogP contribution is -2.21. The van der Waals surface area contributed by atoms with Crippen molar-refractivity contribution in [2.45, 2.75) is 6.54 Å². The highest BCUT2D eigenvalue weighted by Gasteiger charge is 2.11. The van der Waals surface area contributed by atoms with Gasteiger partial charge in [-0.25, -0.2) is 9.18 Å². The fraction of sp³-hybridized carbons (Fsp3) is 0.167. The lowest BCUT2D eigenvalue weighted by atomic mass is 10.3. The first-order valence-electron chi connectivity index (χ1n) is 5.65. The molecule has 0 unspecified atom stereocenters. The molecule has 0 spiro atoms. The number of amides is 2. The van der Waals surface area contributed by atoms with E-state index in [0.717, 1.165) is 0 Å². The molecule has 0 fully saturated rings. The number of rotatable bonds is 3. The van der Waals surface area contributed by atoms with Gasteiger partial charge in [-0.15, -0.1) is 0 Å². The zero-order valence-corrected chi connectivity index (χ0v) is 10.4. The van der Waals surface area contributed by atoms with Crippen molar-refractivity contribution in [1.82, 2.24) is 9.78 Å². The molecule has 0 aliphatic carbocycles. The maximum Gasteiger partial charge on any atom is 0.324 e. The van der Waals surface area contributed by atoms with Crippen LogP contribution in [0.4, 0.5) is 20.7 Å². The largest absolute Gasteiger partial charge is 0.326 e. The van der Waals surface area contributed by atoms with E-state index in [4.69, 9.17) is 5.73 Å². The third kappa shape index (κ3) is 3.08. The summed E-state index contributed by atoms with van der Waals surface area (Å²) < 4.78 is 14.9. The van der Waals surface area contributed by atoms with Crippen molar-refractivity contribution in [3.63, 3.8) is 0 Å². The van der Waals surface area contributed by atoms with E-state index >= 15 is 0 Å². The van der Waals surface area contributed by atoms with Gasteiger partial charge in [0, 0.05) is 25.4 Å². The van der Waals surface area contributed by atoms with Crippen LogP contribution < -0.4 is 16.4 Å². The summed E-state index contributed by atoms with van der Waals surface area (Å²) in [6.07, 6.45) is 1.71. The van der Waals surface area contributed by atoms with Gasteiger partial charge in [-0.2, -0.15) is 5.10 Å². The summed E-state index contributed by atoms with van der Waals surface area (Å²) in [5.41, 5.74) is 6.33. The van der Waals surface area contributed by atoms with Gasteiger partial charge in [-0.05, 0) is 12.1 Å². The minimum atomic E-state index is -0.571. The number of hydrogen-bond acceptors (Lipinski definition) is 3. The predicted molar refractivity (Wildman–Crippen MR) is 70.1 cm³/mol. The maximum atomic E-state index is 13.4. The van der Waals surface area contributed by atoms with E-state index in [1.807, 2.05) is 0 Å². The number of aryl methyl sites for hydroxylation is 1. The van der Waals surface area contributed by atoms with Crippen molar-refractivity contribution in [3.05, 3.63) is 41.8 Å². The van der Waals surface area contributed by atoms with Crippen LogP contribution in [0.25, 0.3) is 0 Å². The van der Waals surface area contributed by atoms with Gasteiger partial charge in [-0.1, -0.05) is 12.1 Å². The van der Waals surface area contributed by atoms with Crippen molar-refractivity contribution in [3.8, 4) is 0 Å². The van der Waals surface area contributed by atoms with E-state index in [1.54, 1.807) is 30.1 Å². The standard InChI is InChI=1S/C12H14FN5O/c1-18-7-8(6-14)11(17-18)16-12(19)15-10-5-3-2-4-9(10)13/h2-5,7H,6,14H2,1H3,(H2,15,16,17,19). The molecule has 1 heterocycles. The fourth-order valence-electron chi connectivity index (χ4n) is 1.62. The topological polar surface area (TPSA) is 85.0 Å². The number of carbonyl (C=O) groups is 1. The fourth-order valence-corrected chi connectivity index (χ4v) is 1.62. The van der Waals surface area contributed by atoms with Gasteiger partial charge >= 0.3 is 6.03 Å². The molecule has 0 bridgehead atoms. The Morgan fingerprint density at radius 1 is 1.42 bits per heavy atom. The SMILES string of the molecule is Cn1cc(CN)c(NC(=O)Nc2ccccc2F)n1. The number of halogens is 1. The first-order chi connectivity index (χ1) is 9.10. The number of aromatic nitrogens is 2. The maximum absolute atomic E-state index is 13.4. The van der Waals surface area contributed by atoms with Gasteiger partial charge in [0.1, 0.15) is 5.82 Å². The molecule has 1 aromatic carbocycles. The zero-order chi connectivity index (χ0) is 13.8. The molecule has 2 aromatic rings. The van der Waals surface area contributed by atoms with E-state index in [1.165, 1.54) is 12.1 Å². The highest BCUT2D eigenvalue weighted by molar-refractivity contribution is 5.99. The van der Waals surface area contributed by atoms with Crippen LogP contribution in [0.2, 0.25) is 0 Å². The lowest BCUT2D eigenvalue weighted by Gasteiger charge is -2.07. The van der Waals surface area contributed by atoms with E-state index in [2.05, 4.69) is 15.7 Å². The van der Waals surface area contributed by atoms with Crippen LogP contribution in [0.15, 0.2) is 30.5 Å². The molecule has 6 nitrogen and oxygen atoms in total. The Morgan fingerprint density at radius 3 is 2.84 bits per heavy atom. The van der Waals surface area contributed by atoms with Gasteiger partial charge in [-0.3, -0.25) is 10.00 Å². The van der Waals surface area contributed by atoms with Crippen molar-refractivity contribution in [2.75, 3.05) is 10.6 Å². The number of urea groups is 1. The number of nitrogens with two attached hydrogens (primary N) is 1. The minimum Gasteiger partial charge on any atom is -0.326 e. The highest BCUT2D eigenvalue weighted by atomic mass is 19.1. The minimum absolute atomic E-state index is 0.102. The van der Waals surface area contributed by atoms with E-state index in [0.29, 0.717) is 11.4 Å². The highest BCUT2D eigenvalue weighted by Crippen LogP contribution is 2.15. The predicted octanol–water partition coefficient (Wildman–Crippen LogP) is 1.66. The van der Waals surface area contributed by atoms with Crippen molar-refractivity contribution in [2.24, 2.45) is 12.8 Å². The second kappa shape index (κ2) is 5.49. The molecule has 2 amide bonds. The van der Waals surface area contributed by atoms with E-state index < -0.39 is 11.8 Å². The van der Waals surface area contributed by atoms with Gasteiger partial charge < -0.3 is 11.1 Å². The average Bonchev–Trinajstić information content (AvgIpc) is 2.72. The van der Waals surface area contributed by atoms with Crippen LogP contribution in [-0.2, 0) is 13.6 Å².